The Morgan fingerprint density at radius 2 is 2.11 bits per heavy atom. The fourth-order valence-corrected chi connectivity index (χ4v) is 1.87. The molecule has 1 heterocycles. The van der Waals surface area contributed by atoms with Crippen LogP contribution in [0.25, 0.3) is 0 Å². The molecule has 0 spiro atoms. The Morgan fingerprint density at radius 1 is 1.44 bits per heavy atom. The molecule has 5 nitrogen and oxygen atoms in total. The molecule has 6 heteroatoms. The van der Waals surface area contributed by atoms with E-state index in [2.05, 4.69) is 9.72 Å². The van der Waals surface area contributed by atoms with Gasteiger partial charge in [0, 0.05) is 11.9 Å². The van der Waals surface area contributed by atoms with Gasteiger partial charge >= 0.3 is 11.9 Å². The molecular formula is C12H15NO4S. The zero-order chi connectivity index (χ0) is 13.8. The van der Waals surface area contributed by atoms with Crippen molar-refractivity contribution in [2.75, 3.05) is 7.11 Å². The monoisotopic (exact) mass is 269 g/mol. The summed E-state index contributed by atoms with van der Waals surface area (Å²) in [5.41, 5.74) is 1.10. The first-order valence-corrected chi connectivity index (χ1v) is 6.26. The van der Waals surface area contributed by atoms with Crippen LogP contribution in [-0.2, 0) is 15.3 Å². The van der Waals surface area contributed by atoms with Crippen molar-refractivity contribution < 1.29 is 19.4 Å². The molecule has 0 aliphatic heterocycles. The summed E-state index contributed by atoms with van der Waals surface area (Å²) in [6, 6.07) is 3.31. The van der Waals surface area contributed by atoms with Gasteiger partial charge in [-0.2, -0.15) is 0 Å². The number of aliphatic carboxylic acids is 1. The average Bonchev–Trinajstić information content (AvgIpc) is 2.36. The highest BCUT2D eigenvalue weighted by Crippen LogP contribution is 2.27. The van der Waals surface area contributed by atoms with Gasteiger partial charge in [-0.3, -0.25) is 9.78 Å². The molecule has 1 N–H and O–H groups in total. The van der Waals surface area contributed by atoms with Crippen molar-refractivity contribution in [3.63, 3.8) is 0 Å². The Kier molecular flexibility index (Phi) is 4.72. The number of carbonyl (C=O) groups is 2. The van der Waals surface area contributed by atoms with Gasteiger partial charge in [-0.1, -0.05) is 0 Å². The van der Waals surface area contributed by atoms with Crippen molar-refractivity contribution in [1.29, 1.82) is 0 Å². The first kappa shape index (κ1) is 14.5. The van der Waals surface area contributed by atoms with Gasteiger partial charge in [-0.25, -0.2) is 4.79 Å². The Balaban J connectivity index is 2.65. The molecule has 98 valence electrons. The predicted molar refractivity (Wildman–Crippen MR) is 68.6 cm³/mol. The van der Waals surface area contributed by atoms with Gasteiger partial charge in [-0.15, -0.1) is 11.8 Å². The molecule has 0 unspecified atom stereocenters. The third kappa shape index (κ3) is 3.73. The number of esters is 1. The van der Waals surface area contributed by atoms with E-state index in [-0.39, 0.29) is 0 Å². The zero-order valence-electron chi connectivity index (χ0n) is 10.5. The molecule has 1 aromatic rings. The van der Waals surface area contributed by atoms with E-state index < -0.39 is 16.7 Å². The highest BCUT2D eigenvalue weighted by molar-refractivity contribution is 8.00. The molecule has 0 fully saturated rings. The molecule has 18 heavy (non-hydrogen) atoms. The van der Waals surface area contributed by atoms with Crippen LogP contribution < -0.4 is 0 Å². The minimum Gasteiger partial charge on any atom is -0.480 e. The molecule has 1 aromatic heterocycles. The Hall–Kier alpha value is -1.56. The van der Waals surface area contributed by atoms with Crippen molar-refractivity contribution >= 4 is 23.7 Å². The van der Waals surface area contributed by atoms with Crippen molar-refractivity contribution in [3.05, 3.63) is 29.6 Å². The van der Waals surface area contributed by atoms with Gasteiger partial charge in [0.05, 0.1) is 18.4 Å². The third-order valence-corrected chi connectivity index (χ3v) is 3.68. The van der Waals surface area contributed by atoms with E-state index in [4.69, 9.17) is 5.11 Å². The summed E-state index contributed by atoms with van der Waals surface area (Å²) in [5, 5.41) is 8.97. The maximum atomic E-state index is 11.2. The number of carboxylic acid groups (broad SMARTS) is 1. The van der Waals surface area contributed by atoms with Crippen LogP contribution in [-0.4, -0.2) is 33.9 Å². The topological polar surface area (TPSA) is 76.5 Å². The molecule has 0 saturated carbocycles. The largest absolute Gasteiger partial charge is 0.480 e. The van der Waals surface area contributed by atoms with E-state index in [0.717, 1.165) is 5.69 Å². The lowest BCUT2D eigenvalue weighted by Gasteiger charge is -2.17. The Labute approximate surface area is 110 Å². The normalized spacial score (nSPS) is 11.1. The summed E-state index contributed by atoms with van der Waals surface area (Å²) in [7, 11) is 1.31. The van der Waals surface area contributed by atoms with Crippen LogP contribution in [0.3, 0.4) is 0 Å². The van der Waals surface area contributed by atoms with Gasteiger partial charge in [0.25, 0.3) is 0 Å². The highest BCUT2D eigenvalue weighted by atomic mass is 32.2. The fourth-order valence-electron chi connectivity index (χ4n) is 1.06. The maximum Gasteiger partial charge on any atom is 0.339 e. The van der Waals surface area contributed by atoms with Gasteiger partial charge in [0.1, 0.15) is 4.75 Å². The number of carboxylic acids is 1. The lowest BCUT2D eigenvalue weighted by atomic mass is 10.2. The second-order valence-corrected chi connectivity index (χ2v) is 5.73. The molecule has 0 aromatic carbocycles. The summed E-state index contributed by atoms with van der Waals surface area (Å²) >= 11 is 1.28. The van der Waals surface area contributed by atoms with Gasteiger partial charge < -0.3 is 9.84 Å². The van der Waals surface area contributed by atoms with E-state index >= 15 is 0 Å². The summed E-state index contributed by atoms with van der Waals surface area (Å²) in [6.45, 7) is 3.28. The number of hydrogen-bond donors (Lipinski definition) is 1. The van der Waals surface area contributed by atoms with Gasteiger partial charge in [0.15, 0.2) is 0 Å². The summed E-state index contributed by atoms with van der Waals surface area (Å²) in [4.78, 5) is 26.2. The van der Waals surface area contributed by atoms with E-state index in [1.807, 2.05) is 0 Å². The number of thioether (sulfide) groups is 1. The SMILES string of the molecule is COC(=O)c1ccc(CSC(C)(C)C(=O)O)nc1. The van der Waals surface area contributed by atoms with Crippen LogP contribution in [0.5, 0.6) is 0 Å². The fraction of sp³-hybridized carbons (Fsp3) is 0.417. The molecular weight excluding hydrogens is 254 g/mol. The number of methoxy groups -OCH3 is 1. The molecule has 0 aliphatic rings. The van der Waals surface area contributed by atoms with Crippen LogP contribution in [0.1, 0.15) is 29.9 Å². The van der Waals surface area contributed by atoms with Crippen LogP contribution in [0.4, 0.5) is 0 Å². The minimum absolute atomic E-state index is 0.378. The van der Waals surface area contributed by atoms with Crippen LogP contribution in [0.15, 0.2) is 18.3 Å². The molecule has 0 aliphatic carbocycles. The maximum absolute atomic E-state index is 11.2. The lowest BCUT2D eigenvalue weighted by Crippen LogP contribution is -2.27. The summed E-state index contributed by atoms with van der Waals surface area (Å²) in [6.07, 6.45) is 1.43. The van der Waals surface area contributed by atoms with E-state index in [1.165, 1.54) is 25.1 Å². The van der Waals surface area contributed by atoms with Crippen LogP contribution in [0.2, 0.25) is 0 Å². The number of pyridine rings is 1. The van der Waals surface area contributed by atoms with Crippen molar-refractivity contribution in [1.82, 2.24) is 4.98 Å². The average molecular weight is 269 g/mol. The third-order valence-electron chi connectivity index (χ3n) is 2.34. The number of carbonyl (C=O) groups excluding carboxylic acids is 1. The number of hydrogen-bond acceptors (Lipinski definition) is 5. The number of rotatable bonds is 5. The smallest absolute Gasteiger partial charge is 0.339 e. The second kappa shape index (κ2) is 5.86. The standard InChI is InChI=1S/C12H15NO4S/c1-12(2,11(15)16)18-7-9-5-4-8(6-13-9)10(14)17-3/h4-6H,7H2,1-3H3,(H,15,16). The van der Waals surface area contributed by atoms with Crippen LogP contribution in [0, 0.1) is 0 Å². The number of aromatic nitrogens is 1. The molecule has 0 amide bonds. The molecule has 0 atom stereocenters. The van der Waals surface area contributed by atoms with Crippen molar-refractivity contribution in [2.45, 2.75) is 24.3 Å². The second-order valence-electron chi connectivity index (χ2n) is 4.13. The quantitative estimate of drug-likeness (QED) is 0.823. The summed E-state index contributed by atoms with van der Waals surface area (Å²) < 4.78 is 3.70. The Bertz CT molecular complexity index is 442. The van der Waals surface area contributed by atoms with Crippen molar-refractivity contribution in [3.8, 4) is 0 Å². The van der Waals surface area contributed by atoms with E-state index in [0.29, 0.717) is 11.3 Å². The predicted octanol–water partition coefficient (Wildman–Crippen LogP) is 1.96. The molecule has 0 saturated heterocycles. The molecule has 0 bridgehead atoms. The van der Waals surface area contributed by atoms with E-state index in [9.17, 15) is 9.59 Å². The molecule has 1 rings (SSSR count). The van der Waals surface area contributed by atoms with Crippen molar-refractivity contribution in [2.24, 2.45) is 0 Å². The Morgan fingerprint density at radius 3 is 2.56 bits per heavy atom. The minimum atomic E-state index is -0.862. The number of nitrogens with zero attached hydrogens (tertiary/aromatic N) is 1. The molecule has 0 radical (unpaired) electrons. The zero-order valence-corrected chi connectivity index (χ0v) is 11.3. The number of ether oxygens (including phenoxy) is 1. The van der Waals surface area contributed by atoms with Crippen LogP contribution >= 0.6 is 11.8 Å². The first-order valence-electron chi connectivity index (χ1n) is 5.27. The summed E-state index contributed by atoms with van der Waals surface area (Å²) in [5.74, 6) is -0.827. The first-order chi connectivity index (χ1) is 8.36. The van der Waals surface area contributed by atoms with Gasteiger partial charge in [-0.05, 0) is 26.0 Å². The lowest BCUT2D eigenvalue weighted by molar-refractivity contribution is -0.138. The highest BCUT2D eigenvalue weighted by Gasteiger charge is 2.27. The van der Waals surface area contributed by atoms with Gasteiger partial charge in [0.2, 0.25) is 0 Å². The van der Waals surface area contributed by atoms with E-state index in [1.54, 1.807) is 26.0 Å².